The third-order valence-corrected chi connectivity index (χ3v) is 8.22. The lowest BCUT2D eigenvalue weighted by molar-refractivity contribution is -0.141. The maximum atomic E-state index is 13.6. The van der Waals surface area contributed by atoms with Crippen molar-refractivity contribution in [1.82, 2.24) is 19.9 Å². The Morgan fingerprint density at radius 2 is 2.06 bits per heavy atom. The van der Waals surface area contributed by atoms with Gasteiger partial charge in [-0.1, -0.05) is 6.08 Å². The van der Waals surface area contributed by atoms with Crippen LogP contribution in [0.1, 0.15) is 38.5 Å². The number of nitrogens with zero attached hydrogens (tertiary/aromatic N) is 2. The quantitative estimate of drug-likeness (QED) is 0.344. The number of Topliss-reactive ketones (excluding diaryl/α,β-unsaturated/α-hetero) is 1. The average Bonchev–Trinajstić information content (AvgIpc) is 3.60. The molecule has 0 bridgehead atoms. The van der Waals surface area contributed by atoms with E-state index in [1.54, 1.807) is 0 Å². The van der Waals surface area contributed by atoms with Crippen LogP contribution in [0.15, 0.2) is 53.4 Å². The minimum absolute atomic E-state index is 0.0305. The smallest absolute Gasteiger partial charge is 0.417 e. The molecule has 2 fully saturated rings. The van der Waals surface area contributed by atoms with Crippen molar-refractivity contribution in [1.29, 1.82) is 0 Å². The van der Waals surface area contributed by atoms with Crippen LogP contribution in [0.3, 0.4) is 0 Å². The van der Waals surface area contributed by atoms with Crippen molar-refractivity contribution in [3.63, 3.8) is 0 Å². The first-order valence-corrected chi connectivity index (χ1v) is 13.5. The second-order valence-electron chi connectivity index (χ2n) is 9.28. The van der Waals surface area contributed by atoms with E-state index >= 15 is 0 Å². The Hall–Kier alpha value is -3.09. The van der Waals surface area contributed by atoms with Crippen LogP contribution in [0.4, 0.5) is 4.79 Å². The SMILES string of the molecule is O=C(OC(=O)N1CCCC1)[C@H](CC1(C(=O)[C@@H]2CCCN2)C=CC(O)=CC1)NS(=O)(=O)c1cccnc1. The fourth-order valence-corrected chi connectivity index (χ4v) is 5.93. The number of esters is 1. The van der Waals surface area contributed by atoms with Gasteiger partial charge in [0.1, 0.15) is 16.7 Å². The molecular weight excluding hydrogens is 488 g/mol. The fraction of sp³-hybridized carbons (Fsp3) is 0.500. The molecule has 0 spiro atoms. The van der Waals surface area contributed by atoms with Crippen LogP contribution in [0, 0.1) is 5.41 Å². The number of carbonyl (C=O) groups excluding carboxylic acids is 3. The van der Waals surface area contributed by atoms with Crippen LogP contribution in [-0.4, -0.2) is 73.0 Å². The molecule has 12 heteroatoms. The number of aliphatic hydroxyl groups excluding tert-OH is 1. The Balaban J connectivity index is 1.63. The highest BCUT2D eigenvalue weighted by Crippen LogP contribution is 2.38. The van der Waals surface area contributed by atoms with E-state index in [2.05, 4.69) is 15.0 Å². The van der Waals surface area contributed by atoms with Crippen LogP contribution in [-0.2, 0) is 24.3 Å². The molecule has 3 heterocycles. The third kappa shape index (κ3) is 5.82. The van der Waals surface area contributed by atoms with Gasteiger partial charge < -0.3 is 20.1 Å². The van der Waals surface area contributed by atoms with E-state index in [1.165, 1.54) is 41.5 Å². The molecule has 11 nitrogen and oxygen atoms in total. The number of carbonyl (C=O) groups is 3. The summed E-state index contributed by atoms with van der Waals surface area (Å²) in [5.41, 5.74) is -1.30. The average molecular weight is 519 g/mol. The number of allylic oxidation sites excluding steroid dienone is 3. The van der Waals surface area contributed by atoms with Gasteiger partial charge >= 0.3 is 12.1 Å². The number of ether oxygens (including phenoxy) is 1. The molecule has 3 atom stereocenters. The van der Waals surface area contributed by atoms with Crippen LogP contribution >= 0.6 is 0 Å². The zero-order chi connectivity index (χ0) is 25.8. The number of sulfonamides is 1. The first kappa shape index (κ1) is 26.0. The normalized spacial score (nSPS) is 24.8. The summed E-state index contributed by atoms with van der Waals surface area (Å²) in [7, 11) is -4.25. The molecule has 3 N–H and O–H groups in total. The minimum atomic E-state index is -4.25. The molecular formula is C24H30N4O7S. The molecule has 0 radical (unpaired) electrons. The molecule has 194 valence electrons. The lowest BCUT2D eigenvalue weighted by Crippen LogP contribution is -2.51. The van der Waals surface area contributed by atoms with Gasteiger partial charge in [-0.25, -0.2) is 18.0 Å². The lowest BCUT2D eigenvalue weighted by atomic mass is 9.70. The lowest BCUT2D eigenvalue weighted by Gasteiger charge is -2.35. The Morgan fingerprint density at radius 3 is 2.67 bits per heavy atom. The summed E-state index contributed by atoms with van der Waals surface area (Å²) >= 11 is 0. The molecule has 3 aliphatic rings. The first-order valence-electron chi connectivity index (χ1n) is 12.0. The van der Waals surface area contributed by atoms with Crippen LogP contribution in [0.25, 0.3) is 0 Å². The summed E-state index contributed by atoms with van der Waals surface area (Å²) in [5.74, 6) is -1.35. The van der Waals surface area contributed by atoms with Gasteiger partial charge in [0.25, 0.3) is 0 Å². The first-order chi connectivity index (χ1) is 17.2. The van der Waals surface area contributed by atoms with E-state index in [1.807, 2.05) is 0 Å². The van der Waals surface area contributed by atoms with E-state index in [9.17, 15) is 27.9 Å². The number of rotatable bonds is 8. The number of aliphatic hydroxyl groups is 1. The van der Waals surface area contributed by atoms with Crippen molar-refractivity contribution in [3.8, 4) is 0 Å². The topological polar surface area (TPSA) is 155 Å². The van der Waals surface area contributed by atoms with Crippen LogP contribution in [0.2, 0.25) is 0 Å². The van der Waals surface area contributed by atoms with Gasteiger partial charge in [0.15, 0.2) is 5.78 Å². The number of ketones is 1. The second kappa shape index (κ2) is 10.9. The van der Waals surface area contributed by atoms with Crippen molar-refractivity contribution in [2.45, 2.75) is 55.5 Å². The Bertz CT molecular complexity index is 1160. The number of nitrogens with one attached hydrogen (secondary N) is 2. The Kier molecular flexibility index (Phi) is 7.86. The van der Waals surface area contributed by atoms with E-state index in [0.29, 0.717) is 26.1 Å². The van der Waals surface area contributed by atoms with Crippen molar-refractivity contribution in [3.05, 3.63) is 48.5 Å². The van der Waals surface area contributed by atoms with Crippen molar-refractivity contribution >= 4 is 27.9 Å². The molecule has 0 saturated carbocycles. The van der Waals surface area contributed by atoms with Gasteiger partial charge in [0, 0.05) is 25.5 Å². The van der Waals surface area contributed by atoms with E-state index < -0.39 is 39.6 Å². The van der Waals surface area contributed by atoms with Gasteiger partial charge in [-0.2, -0.15) is 4.72 Å². The molecule has 1 aromatic heterocycles. The van der Waals surface area contributed by atoms with Gasteiger partial charge in [0.2, 0.25) is 10.0 Å². The molecule has 2 aliphatic heterocycles. The van der Waals surface area contributed by atoms with Gasteiger partial charge in [-0.15, -0.1) is 0 Å². The van der Waals surface area contributed by atoms with Crippen LogP contribution in [0.5, 0.6) is 0 Å². The highest BCUT2D eigenvalue weighted by molar-refractivity contribution is 7.89. The molecule has 1 amide bonds. The summed E-state index contributed by atoms with van der Waals surface area (Å²) in [5, 5.41) is 13.0. The minimum Gasteiger partial charge on any atom is -0.508 e. The summed E-state index contributed by atoms with van der Waals surface area (Å²) in [4.78, 5) is 44.4. The predicted molar refractivity (Wildman–Crippen MR) is 128 cm³/mol. The monoisotopic (exact) mass is 518 g/mol. The summed E-state index contributed by atoms with van der Waals surface area (Å²) < 4.78 is 33.6. The standard InChI is InChI=1S/C24H30N4O7S/c29-17-7-9-24(10-8-17,21(30)19-6-4-12-26-19)15-20(22(31)35-23(32)28-13-1-2-14-28)27-36(33,34)18-5-3-11-25-16-18/h3,5,7-9,11,16,19-20,26-27,29H,1-2,4,6,10,12-15H2/t19-,20-,24?/m0/s1. The largest absolute Gasteiger partial charge is 0.508 e. The molecule has 2 saturated heterocycles. The highest BCUT2D eigenvalue weighted by Gasteiger charge is 2.46. The Labute approximate surface area is 209 Å². The highest BCUT2D eigenvalue weighted by atomic mass is 32.2. The van der Waals surface area contributed by atoms with Gasteiger partial charge in [-0.05, 0) is 69.4 Å². The zero-order valence-corrected chi connectivity index (χ0v) is 20.6. The predicted octanol–water partition coefficient (Wildman–Crippen LogP) is 1.59. The van der Waals surface area contributed by atoms with Crippen molar-refractivity contribution in [2.75, 3.05) is 19.6 Å². The van der Waals surface area contributed by atoms with Crippen molar-refractivity contribution < 1.29 is 32.6 Å². The number of amides is 1. The summed E-state index contributed by atoms with van der Waals surface area (Å²) in [6, 6.07) is 0.733. The summed E-state index contributed by atoms with van der Waals surface area (Å²) in [6.07, 6.45) is 8.76. The molecule has 0 aromatic carbocycles. The second-order valence-corrected chi connectivity index (χ2v) is 11.0. The molecule has 1 aromatic rings. The number of likely N-dealkylation sites (tertiary alicyclic amines) is 1. The van der Waals surface area contributed by atoms with E-state index in [4.69, 9.17) is 4.74 Å². The van der Waals surface area contributed by atoms with Gasteiger partial charge in [0.05, 0.1) is 11.5 Å². The number of pyridine rings is 1. The fourth-order valence-electron chi connectivity index (χ4n) is 4.78. The van der Waals surface area contributed by atoms with Crippen molar-refractivity contribution in [2.24, 2.45) is 5.41 Å². The number of hydrogen-bond donors (Lipinski definition) is 3. The molecule has 36 heavy (non-hydrogen) atoms. The maximum Gasteiger partial charge on any atom is 0.417 e. The maximum absolute atomic E-state index is 13.6. The molecule has 1 aliphatic carbocycles. The third-order valence-electron chi connectivity index (χ3n) is 6.76. The molecule has 4 rings (SSSR count). The zero-order valence-electron chi connectivity index (χ0n) is 19.8. The van der Waals surface area contributed by atoms with Crippen LogP contribution < -0.4 is 10.0 Å². The summed E-state index contributed by atoms with van der Waals surface area (Å²) in [6.45, 7) is 1.56. The van der Waals surface area contributed by atoms with E-state index in [-0.39, 0.29) is 29.3 Å². The van der Waals surface area contributed by atoms with Gasteiger partial charge in [-0.3, -0.25) is 9.78 Å². The molecule has 1 unspecified atom stereocenters. The number of hydrogen-bond acceptors (Lipinski definition) is 9. The number of aromatic nitrogens is 1. The van der Waals surface area contributed by atoms with E-state index in [0.717, 1.165) is 25.5 Å². The Morgan fingerprint density at radius 1 is 1.28 bits per heavy atom.